The molecule has 0 aromatic heterocycles. The van der Waals surface area contributed by atoms with Crippen LogP contribution >= 0.6 is 11.6 Å². The number of hydrogen-bond acceptors (Lipinski definition) is 1. The second-order valence-electron chi connectivity index (χ2n) is 7.09. The van der Waals surface area contributed by atoms with Gasteiger partial charge in [0.2, 0.25) is 0 Å². The van der Waals surface area contributed by atoms with Gasteiger partial charge >= 0.3 is 0 Å². The molecule has 0 heterocycles. The van der Waals surface area contributed by atoms with Crippen LogP contribution in [0.2, 0.25) is 0 Å². The molecule has 1 atom stereocenters. The standard InChI is InChI=1S/C22H29ClOS/c1-4-5-6-18-7-9-19(10-8-18)11-12-20-13-15-21(16-14-20)17-25(24)22(2,3)23/h7-10,13-16H,4-6,11-12,17H2,1-3H3. The fourth-order valence-electron chi connectivity index (χ4n) is 2.67. The summed E-state index contributed by atoms with van der Waals surface area (Å²) < 4.78 is 11.4. The topological polar surface area (TPSA) is 17.1 Å². The van der Waals surface area contributed by atoms with Crippen LogP contribution in [0.4, 0.5) is 0 Å². The quantitative estimate of drug-likeness (QED) is 0.487. The zero-order valence-electron chi connectivity index (χ0n) is 15.6. The maximum atomic E-state index is 12.1. The van der Waals surface area contributed by atoms with Crippen LogP contribution in [0.3, 0.4) is 0 Å². The molecule has 2 aromatic rings. The highest BCUT2D eigenvalue weighted by Crippen LogP contribution is 2.21. The smallest absolute Gasteiger partial charge is 0.114 e. The molecule has 0 aliphatic carbocycles. The minimum Gasteiger partial charge on any atom is -0.257 e. The second kappa shape index (κ2) is 9.54. The van der Waals surface area contributed by atoms with Crippen LogP contribution in [-0.4, -0.2) is 8.42 Å². The molecule has 0 spiro atoms. The van der Waals surface area contributed by atoms with E-state index >= 15 is 0 Å². The molecule has 136 valence electrons. The monoisotopic (exact) mass is 376 g/mol. The predicted octanol–water partition coefficient (Wildman–Crippen LogP) is 6.04. The van der Waals surface area contributed by atoms with Crippen molar-refractivity contribution in [3.63, 3.8) is 0 Å². The van der Waals surface area contributed by atoms with Gasteiger partial charge in [-0.1, -0.05) is 61.9 Å². The summed E-state index contributed by atoms with van der Waals surface area (Å²) in [6.45, 7) is 5.83. The summed E-state index contributed by atoms with van der Waals surface area (Å²) in [5.41, 5.74) is 5.21. The van der Waals surface area contributed by atoms with Crippen LogP contribution in [0.5, 0.6) is 0 Å². The van der Waals surface area contributed by atoms with Crippen molar-refractivity contribution < 1.29 is 4.21 Å². The molecule has 2 rings (SSSR count). The first-order chi connectivity index (χ1) is 11.9. The van der Waals surface area contributed by atoms with Crippen LogP contribution in [-0.2, 0) is 35.8 Å². The Morgan fingerprint density at radius 1 is 0.800 bits per heavy atom. The Kier molecular flexibility index (Phi) is 7.71. The van der Waals surface area contributed by atoms with E-state index in [2.05, 4.69) is 55.5 Å². The van der Waals surface area contributed by atoms with Crippen molar-refractivity contribution in [1.29, 1.82) is 0 Å². The number of alkyl halides is 1. The summed E-state index contributed by atoms with van der Waals surface area (Å²) in [6.07, 6.45) is 5.76. The predicted molar refractivity (Wildman–Crippen MR) is 111 cm³/mol. The van der Waals surface area contributed by atoms with E-state index in [9.17, 15) is 4.21 Å². The minimum atomic E-state index is -1.07. The van der Waals surface area contributed by atoms with Crippen molar-refractivity contribution in [3.05, 3.63) is 70.8 Å². The highest BCUT2D eigenvalue weighted by atomic mass is 35.5. The highest BCUT2D eigenvalue weighted by Gasteiger charge is 2.22. The van der Waals surface area contributed by atoms with Crippen LogP contribution in [0.15, 0.2) is 48.5 Å². The van der Waals surface area contributed by atoms with E-state index in [0.717, 1.165) is 18.4 Å². The zero-order valence-corrected chi connectivity index (χ0v) is 17.1. The Hall–Kier alpha value is -1.12. The van der Waals surface area contributed by atoms with Crippen molar-refractivity contribution in [2.45, 2.75) is 62.8 Å². The molecular weight excluding hydrogens is 348 g/mol. The molecule has 0 saturated carbocycles. The Labute approximate surface area is 160 Å². The lowest BCUT2D eigenvalue weighted by Gasteiger charge is -2.15. The van der Waals surface area contributed by atoms with E-state index in [1.54, 1.807) is 13.8 Å². The van der Waals surface area contributed by atoms with E-state index < -0.39 is 15.0 Å². The molecule has 0 saturated heterocycles. The lowest BCUT2D eigenvalue weighted by atomic mass is 10.0. The van der Waals surface area contributed by atoms with Gasteiger partial charge in [-0.05, 0) is 61.8 Å². The molecule has 1 unspecified atom stereocenters. The van der Waals surface area contributed by atoms with E-state index in [-0.39, 0.29) is 0 Å². The van der Waals surface area contributed by atoms with Crippen LogP contribution in [0, 0.1) is 0 Å². The van der Waals surface area contributed by atoms with Gasteiger partial charge in [0.25, 0.3) is 0 Å². The van der Waals surface area contributed by atoms with Crippen molar-refractivity contribution in [2.75, 3.05) is 0 Å². The van der Waals surface area contributed by atoms with Crippen LogP contribution < -0.4 is 0 Å². The molecule has 0 aliphatic heterocycles. The Morgan fingerprint density at radius 3 is 1.60 bits per heavy atom. The van der Waals surface area contributed by atoms with Crippen LogP contribution in [0.1, 0.15) is 55.9 Å². The van der Waals surface area contributed by atoms with Crippen LogP contribution in [0.25, 0.3) is 0 Å². The summed E-state index contributed by atoms with van der Waals surface area (Å²) in [4.78, 5) is 0. The maximum Gasteiger partial charge on any atom is 0.114 e. The fraction of sp³-hybridized carbons (Fsp3) is 0.455. The number of hydrogen-bond donors (Lipinski definition) is 0. The van der Waals surface area contributed by atoms with Gasteiger partial charge in [-0.25, -0.2) is 0 Å². The van der Waals surface area contributed by atoms with Gasteiger partial charge < -0.3 is 0 Å². The van der Waals surface area contributed by atoms with Crippen molar-refractivity contribution in [3.8, 4) is 0 Å². The molecule has 0 bridgehead atoms. The molecule has 0 radical (unpaired) electrons. The van der Waals surface area contributed by atoms with Crippen molar-refractivity contribution in [1.82, 2.24) is 0 Å². The summed E-state index contributed by atoms with van der Waals surface area (Å²) >= 11 is 6.12. The Bertz CT molecular complexity index is 669. The molecule has 0 N–H and O–H groups in total. The first kappa shape index (κ1) is 20.2. The zero-order chi connectivity index (χ0) is 18.3. The van der Waals surface area contributed by atoms with E-state index in [4.69, 9.17) is 11.6 Å². The molecule has 0 aliphatic rings. The van der Waals surface area contributed by atoms with E-state index in [0.29, 0.717) is 5.75 Å². The third kappa shape index (κ3) is 6.95. The second-order valence-corrected chi connectivity index (χ2v) is 10.3. The Balaban J connectivity index is 1.86. The number of unbranched alkanes of at least 4 members (excludes halogenated alkanes) is 1. The average Bonchev–Trinajstić information content (AvgIpc) is 2.59. The third-order valence-corrected chi connectivity index (χ3v) is 6.60. The summed E-state index contributed by atoms with van der Waals surface area (Å²) in [5.74, 6) is 0.510. The van der Waals surface area contributed by atoms with Crippen molar-refractivity contribution in [2.24, 2.45) is 0 Å². The van der Waals surface area contributed by atoms with Crippen molar-refractivity contribution >= 4 is 22.4 Å². The average molecular weight is 377 g/mol. The SMILES string of the molecule is CCCCc1ccc(CCc2ccc(CS(=O)C(C)(C)Cl)cc2)cc1. The van der Waals surface area contributed by atoms with Gasteiger partial charge in [0, 0.05) is 10.8 Å². The van der Waals surface area contributed by atoms with Gasteiger partial charge in [0.1, 0.15) is 4.21 Å². The lowest BCUT2D eigenvalue weighted by molar-refractivity contribution is 0.671. The summed E-state index contributed by atoms with van der Waals surface area (Å²) in [6, 6.07) is 17.5. The number of halogens is 1. The summed E-state index contributed by atoms with van der Waals surface area (Å²) in [5, 5.41) is 0. The molecule has 2 aromatic carbocycles. The fourth-order valence-corrected chi connectivity index (χ4v) is 3.67. The minimum absolute atomic E-state index is 0.510. The molecule has 0 fully saturated rings. The first-order valence-electron chi connectivity index (χ1n) is 9.11. The van der Waals surface area contributed by atoms with Gasteiger partial charge in [-0.3, -0.25) is 4.21 Å². The molecular formula is C22H29ClOS. The van der Waals surface area contributed by atoms with Gasteiger partial charge in [-0.15, -0.1) is 11.6 Å². The first-order valence-corrected chi connectivity index (χ1v) is 10.8. The van der Waals surface area contributed by atoms with E-state index in [1.807, 2.05) is 0 Å². The summed E-state index contributed by atoms with van der Waals surface area (Å²) in [7, 11) is -1.07. The van der Waals surface area contributed by atoms with Gasteiger partial charge in [0.15, 0.2) is 0 Å². The normalized spacial score (nSPS) is 13.0. The number of benzene rings is 2. The van der Waals surface area contributed by atoms with Gasteiger partial charge in [-0.2, -0.15) is 0 Å². The maximum absolute atomic E-state index is 12.1. The largest absolute Gasteiger partial charge is 0.257 e. The number of rotatable bonds is 9. The number of aryl methyl sites for hydroxylation is 3. The molecule has 1 nitrogen and oxygen atoms in total. The molecule has 25 heavy (non-hydrogen) atoms. The molecule has 0 amide bonds. The van der Waals surface area contributed by atoms with Gasteiger partial charge in [0.05, 0.1) is 5.75 Å². The Morgan fingerprint density at radius 2 is 1.20 bits per heavy atom. The molecule has 3 heteroatoms. The van der Waals surface area contributed by atoms with E-state index in [1.165, 1.54) is 36.0 Å². The highest BCUT2D eigenvalue weighted by molar-refractivity contribution is 7.87. The lowest BCUT2D eigenvalue weighted by Crippen LogP contribution is -2.19. The third-order valence-electron chi connectivity index (χ3n) is 4.41.